The van der Waals surface area contributed by atoms with E-state index in [1.54, 1.807) is 20.8 Å². The van der Waals surface area contributed by atoms with Gasteiger partial charge in [-0.15, -0.1) is 0 Å². The average molecular weight is 478 g/mol. The molecule has 1 atom stereocenters. The predicted molar refractivity (Wildman–Crippen MR) is 131 cm³/mol. The van der Waals surface area contributed by atoms with Crippen molar-refractivity contribution < 1.29 is 24.2 Å². The van der Waals surface area contributed by atoms with Crippen molar-refractivity contribution in [2.45, 2.75) is 57.5 Å². The van der Waals surface area contributed by atoms with Crippen LogP contribution in [0.4, 0.5) is 4.79 Å². The van der Waals surface area contributed by atoms with E-state index in [1.807, 2.05) is 54.6 Å². The van der Waals surface area contributed by atoms with Crippen LogP contribution in [0.15, 0.2) is 48.5 Å². The topological polar surface area (TPSA) is 120 Å². The van der Waals surface area contributed by atoms with Gasteiger partial charge in [0.15, 0.2) is 0 Å². The highest BCUT2D eigenvalue weighted by Crippen LogP contribution is 2.44. The van der Waals surface area contributed by atoms with Crippen molar-refractivity contribution in [3.63, 3.8) is 0 Å². The predicted octanol–water partition coefficient (Wildman–Crippen LogP) is 4.30. The number of carboxylic acids is 1. The number of aliphatic carboxylic acids is 1. The second kappa shape index (κ2) is 11.0. The number of carbonyl (C=O) groups excluding carboxylic acids is 2. The molecule has 1 aliphatic rings. The quantitative estimate of drug-likeness (QED) is 0.520. The smallest absolute Gasteiger partial charge is 0.407 e. The van der Waals surface area contributed by atoms with Crippen LogP contribution in [0.1, 0.15) is 57.1 Å². The molecule has 0 saturated heterocycles. The molecule has 2 aromatic carbocycles. The summed E-state index contributed by atoms with van der Waals surface area (Å²) in [6.07, 6.45) is 0.0287. The van der Waals surface area contributed by atoms with E-state index in [2.05, 4.69) is 5.32 Å². The minimum atomic E-state index is -1.15. The molecule has 0 bridgehead atoms. The van der Waals surface area contributed by atoms with Gasteiger partial charge in [-0.1, -0.05) is 48.5 Å². The number of hydrogen-bond acceptors (Lipinski definition) is 5. The number of carboxylic acid groups (broad SMARTS) is 1. The number of carbonyl (C=O) groups is 3. The normalized spacial score (nSPS) is 13.2. The third-order valence-electron chi connectivity index (χ3n) is 6.08. The zero-order chi connectivity index (χ0) is 25.6. The standard InChI is InChI=1S/C27H31N3O5/c1-27(2,3)30(16-24(31)32)25(33)23(14-8-9-15-28)29-26(34)35-17-22-20-12-6-4-10-18(20)19-11-5-7-13-21(19)22/h4-7,10-13,22-23H,8-9,14,16-17H2,1-3H3,(H,29,34)(H,31,32). The second-order valence-corrected chi connectivity index (χ2v) is 9.56. The van der Waals surface area contributed by atoms with Gasteiger partial charge in [-0.25, -0.2) is 4.79 Å². The fraction of sp³-hybridized carbons (Fsp3) is 0.407. The number of hydrogen-bond donors (Lipinski definition) is 2. The molecule has 0 aliphatic heterocycles. The zero-order valence-electron chi connectivity index (χ0n) is 20.3. The van der Waals surface area contributed by atoms with Crippen LogP contribution < -0.4 is 5.32 Å². The lowest BCUT2D eigenvalue weighted by atomic mass is 9.98. The summed E-state index contributed by atoms with van der Waals surface area (Å²) in [4.78, 5) is 38.6. The highest BCUT2D eigenvalue weighted by Gasteiger charge is 2.35. The Labute approximate surface area is 205 Å². The number of alkyl carbamates (subject to hydrolysis) is 1. The molecule has 0 spiro atoms. The summed E-state index contributed by atoms with van der Waals surface area (Å²) >= 11 is 0. The monoisotopic (exact) mass is 477 g/mol. The van der Waals surface area contributed by atoms with E-state index in [-0.39, 0.29) is 25.4 Å². The van der Waals surface area contributed by atoms with Crippen molar-refractivity contribution in [2.75, 3.05) is 13.2 Å². The Morgan fingerprint density at radius 1 is 1.09 bits per heavy atom. The van der Waals surface area contributed by atoms with Crippen molar-refractivity contribution in [1.82, 2.24) is 10.2 Å². The van der Waals surface area contributed by atoms with E-state index < -0.39 is 36.1 Å². The van der Waals surface area contributed by atoms with Gasteiger partial charge in [0.2, 0.25) is 5.91 Å². The number of rotatable bonds is 9. The first-order valence-electron chi connectivity index (χ1n) is 11.6. The zero-order valence-corrected chi connectivity index (χ0v) is 20.3. The van der Waals surface area contributed by atoms with E-state index in [4.69, 9.17) is 10.00 Å². The Bertz CT molecular complexity index is 1090. The van der Waals surface area contributed by atoms with Gasteiger partial charge in [0.25, 0.3) is 0 Å². The van der Waals surface area contributed by atoms with Crippen LogP contribution in [0.2, 0.25) is 0 Å². The van der Waals surface area contributed by atoms with Crippen molar-refractivity contribution in [2.24, 2.45) is 0 Å². The Hall–Kier alpha value is -3.86. The molecule has 0 aromatic heterocycles. The molecule has 0 saturated carbocycles. The molecule has 35 heavy (non-hydrogen) atoms. The van der Waals surface area contributed by atoms with E-state index in [0.29, 0.717) is 6.42 Å². The number of fused-ring (bicyclic) bond motifs is 3. The summed E-state index contributed by atoms with van der Waals surface area (Å²) < 4.78 is 5.57. The third-order valence-corrected chi connectivity index (χ3v) is 6.08. The number of nitriles is 1. The maximum atomic E-state index is 13.3. The molecular weight excluding hydrogens is 446 g/mol. The maximum absolute atomic E-state index is 13.3. The number of unbranched alkanes of at least 4 members (excludes halogenated alkanes) is 1. The maximum Gasteiger partial charge on any atom is 0.407 e. The van der Waals surface area contributed by atoms with Crippen molar-refractivity contribution >= 4 is 18.0 Å². The van der Waals surface area contributed by atoms with Crippen LogP contribution in [-0.2, 0) is 14.3 Å². The van der Waals surface area contributed by atoms with Gasteiger partial charge in [-0.2, -0.15) is 5.26 Å². The molecule has 2 aromatic rings. The Morgan fingerprint density at radius 3 is 2.17 bits per heavy atom. The van der Waals surface area contributed by atoms with Gasteiger partial charge in [-0.3, -0.25) is 9.59 Å². The van der Waals surface area contributed by atoms with Crippen LogP contribution in [0.5, 0.6) is 0 Å². The van der Waals surface area contributed by atoms with Crippen LogP contribution >= 0.6 is 0 Å². The molecule has 8 nitrogen and oxygen atoms in total. The van der Waals surface area contributed by atoms with Gasteiger partial charge in [0, 0.05) is 17.9 Å². The number of benzene rings is 2. The highest BCUT2D eigenvalue weighted by molar-refractivity contribution is 5.88. The molecule has 1 aliphatic carbocycles. The van der Waals surface area contributed by atoms with Crippen molar-refractivity contribution in [3.8, 4) is 17.2 Å². The molecule has 0 fully saturated rings. The van der Waals surface area contributed by atoms with Crippen molar-refractivity contribution in [3.05, 3.63) is 59.7 Å². The largest absolute Gasteiger partial charge is 0.480 e. The lowest BCUT2D eigenvalue weighted by Crippen LogP contribution is -2.56. The first-order valence-corrected chi connectivity index (χ1v) is 11.6. The molecule has 2 N–H and O–H groups in total. The Kier molecular flexibility index (Phi) is 8.13. The Balaban J connectivity index is 1.73. The molecule has 3 rings (SSSR count). The van der Waals surface area contributed by atoms with Crippen LogP contribution in [0.25, 0.3) is 11.1 Å². The first-order chi connectivity index (χ1) is 16.6. The van der Waals surface area contributed by atoms with Crippen LogP contribution in [0.3, 0.4) is 0 Å². The molecule has 1 unspecified atom stereocenters. The number of ether oxygens (including phenoxy) is 1. The van der Waals surface area contributed by atoms with Crippen LogP contribution in [-0.4, -0.2) is 52.7 Å². The summed E-state index contributed by atoms with van der Waals surface area (Å²) in [5, 5.41) is 20.8. The summed E-state index contributed by atoms with van der Waals surface area (Å²) in [6, 6.07) is 17.0. The highest BCUT2D eigenvalue weighted by atomic mass is 16.5. The van der Waals surface area contributed by atoms with Gasteiger partial charge in [0.05, 0.1) is 6.07 Å². The molecule has 0 heterocycles. The molecule has 0 radical (unpaired) electrons. The van der Waals surface area contributed by atoms with Gasteiger partial charge in [0.1, 0.15) is 19.2 Å². The minimum Gasteiger partial charge on any atom is -0.480 e. The van der Waals surface area contributed by atoms with Gasteiger partial charge >= 0.3 is 12.1 Å². The van der Waals surface area contributed by atoms with Crippen molar-refractivity contribution in [1.29, 1.82) is 5.26 Å². The minimum absolute atomic E-state index is 0.0943. The van der Waals surface area contributed by atoms with E-state index in [9.17, 15) is 19.5 Å². The van der Waals surface area contributed by atoms with E-state index in [1.165, 1.54) is 4.90 Å². The fourth-order valence-corrected chi connectivity index (χ4v) is 4.39. The third kappa shape index (κ3) is 6.18. The summed E-state index contributed by atoms with van der Waals surface area (Å²) in [5.41, 5.74) is 3.59. The lowest BCUT2D eigenvalue weighted by Gasteiger charge is -2.37. The van der Waals surface area contributed by atoms with E-state index >= 15 is 0 Å². The molecular formula is C27H31N3O5. The van der Waals surface area contributed by atoms with Gasteiger partial charge < -0.3 is 20.1 Å². The number of nitrogens with zero attached hydrogens (tertiary/aromatic N) is 2. The van der Waals surface area contributed by atoms with Gasteiger partial charge in [-0.05, 0) is 55.9 Å². The molecule has 184 valence electrons. The first kappa shape index (κ1) is 25.8. The van der Waals surface area contributed by atoms with Crippen LogP contribution in [0, 0.1) is 11.3 Å². The Morgan fingerprint density at radius 2 is 1.66 bits per heavy atom. The SMILES string of the molecule is CC(C)(C)N(CC(=O)O)C(=O)C(CCCC#N)NC(=O)OCC1c2ccccc2-c2ccccc21. The fourth-order valence-electron chi connectivity index (χ4n) is 4.39. The molecule has 2 amide bonds. The summed E-state index contributed by atoms with van der Waals surface area (Å²) in [5.74, 6) is -1.80. The van der Waals surface area contributed by atoms with E-state index in [0.717, 1.165) is 22.3 Å². The average Bonchev–Trinajstić information content (AvgIpc) is 3.13. The number of nitrogens with one attached hydrogen (secondary N) is 1. The summed E-state index contributed by atoms with van der Waals surface area (Å²) in [6.45, 7) is 4.79. The number of amides is 2. The molecule has 8 heteroatoms. The second-order valence-electron chi connectivity index (χ2n) is 9.56. The lowest BCUT2D eigenvalue weighted by molar-refractivity contribution is -0.149. The summed E-state index contributed by atoms with van der Waals surface area (Å²) in [7, 11) is 0.